The Morgan fingerprint density at radius 1 is 0.917 bits per heavy atom. The number of rotatable bonds is 3. The van der Waals surface area contributed by atoms with Gasteiger partial charge < -0.3 is 0 Å². The molecule has 5 nitrogen and oxygen atoms in total. The van der Waals surface area contributed by atoms with Crippen molar-refractivity contribution in [1.82, 2.24) is 14.5 Å². The maximum absolute atomic E-state index is 12.9. The number of sulfonamides is 1. The summed E-state index contributed by atoms with van der Waals surface area (Å²) in [5, 5.41) is 4.25. The molecule has 0 aromatic carbocycles. The van der Waals surface area contributed by atoms with Crippen molar-refractivity contribution in [2.24, 2.45) is 7.05 Å². The van der Waals surface area contributed by atoms with Gasteiger partial charge in [-0.3, -0.25) is 4.68 Å². The monoisotopic (exact) mass is 355 g/mol. The van der Waals surface area contributed by atoms with E-state index in [4.69, 9.17) is 0 Å². The van der Waals surface area contributed by atoms with Gasteiger partial charge in [0, 0.05) is 13.1 Å². The van der Waals surface area contributed by atoms with Gasteiger partial charge in [0.1, 0.15) is 4.90 Å². The summed E-state index contributed by atoms with van der Waals surface area (Å²) in [4.78, 5) is 0.358. The van der Waals surface area contributed by atoms with Crippen molar-refractivity contribution >= 4 is 10.0 Å². The van der Waals surface area contributed by atoms with Crippen LogP contribution in [-0.2, 0) is 17.1 Å². The van der Waals surface area contributed by atoms with Crippen LogP contribution in [0, 0.1) is 13.8 Å². The van der Waals surface area contributed by atoms with Gasteiger partial charge in [-0.1, -0.05) is 57.8 Å². The van der Waals surface area contributed by atoms with Gasteiger partial charge in [-0.05, 0) is 26.7 Å². The van der Waals surface area contributed by atoms with Gasteiger partial charge >= 0.3 is 0 Å². The predicted octanol–water partition coefficient (Wildman–Crippen LogP) is 3.99. The van der Waals surface area contributed by atoms with Crippen molar-refractivity contribution < 1.29 is 8.42 Å². The van der Waals surface area contributed by atoms with E-state index in [1.165, 1.54) is 44.9 Å². The second-order valence-corrected chi connectivity index (χ2v) is 8.85. The third-order valence-electron chi connectivity index (χ3n) is 5.14. The zero-order valence-electron chi connectivity index (χ0n) is 15.5. The number of aromatic nitrogens is 2. The zero-order chi connectivity index (χ0) is 17.6. The Kier molecular flexibility index (Phi) is 7.29. The van der Waals surface area contributed by atoms with E-state index in [2.05, 4.69) is 9.82 Å². The second kappa shape index (κ2) is 8.99. The summed E-state index contributed by atoms with van der Waals surface area (Å²) in [6.07, 6.45) is 13.1. The van der Waals surface area contributed by atoms with Crippen LogP contribution >= 0.6 is 0 Å². The van der Waals surface area contributed by atoms with Crippen LogP contribution in [0.1, 0.15) is 82.0 Å². The minimum Gasteiger partial charge on any atom is -0.271 e. The molecular formula is C18H33N3O2S. The van der Waals surface area contributed by atoms with Crippen LogP contribution in [0.5, 0.6) is 0 Å². The normalized spacial score (nSPS) is 19.6. The van der Waals surface area contributed by atoms with Gasteiger partial charge in [-0.25, -0.2) is 13.1 Å². The molecule has 1 heterocycles. The molecule has 0 saturated heterocycles. The van der Waals surface area contributed by atoms with E-state index in [0.717, 1.165) is 25.7 Å². The molecule has 1 aromatic rings. The molecule has 2 rings (SSSR count). The van der Waals surface area contributed by atoms with E-state index in [9.17, 15) is 8.42 Å². The average molecular weight is 356 g/mol. The predicted molar refractivity (Wildman–Crippen MR) is 97.6 cm³/mol. The number of nitrogens with one attached hydrogen (secondary N) is 1. The van der Waals surface area contributed by atoms with Crippen molar-refractivity contribution in [2.45, 2.75) is 95.4 Å². The highest BCUT2D eigenvalue weighted by atomic mass is 32.2. The van der Waals surface area contributed by atoms with Crippen molar-refractivity contribution in [1.29, 1.82) is 0 Å². The van der Waals surface area contributed by atoms with Crippen LogP contribution in [0.2, 0.25) is 0 Å². The molecule has 0 spiro atoms. The summed E-state index contributed by atoms with van der Waals surface area (Å²) in [6.45, 7) is 3.58. The first-order valence-electron chi connectivity index (χ1n) is 9.44. The summed E-state index contributed by atoms with van der Waals surface area (Å²) in [5.41, 5.74) is 1.28. The van der Waals surface area contributed by atoms with E-state index in [1.54, 1.807) is 18.7 Å². The molecule has 1 saturated carbocycles. The fourth-order valence-corrected chi connectivity index (χ4v) is 5.45. The molecule has 1 aromatic heterocycles. The molecule has 0 bridgehead atoms. The standard InChI is InChI=1S/C18H33N3O2S/c1-15-18(16(2)21(3)19-15)24(22,23)20-17-13-11-9-7-5-4-6-8-10-12-14-17/h17,20H,4-14H2,1-3H3. The van der Waals surface area contributed by atoms with Crippen molar-refractivity contribution in [3.05, 3.63) is 11.4 Å². The van der Waals surface area contributed by atoms with E-state index in [-0.39, 0.29) is 6.04 Å². The number of aryl methyl sites for hydroxylation is 2. The van der Waals surface area contributed by atoms with Gasteiger partial charge in [0.2, 0.25) is 10.0 Å². The average Bonchev–Trinajstić information content (AvgIpc) is 2.75. The molecule has 0 amide bonds. The van der Waals surface area contributed by atoms with Crippen molar-refractivity contribution in [3.63, 3.8) is 0 Å². The quantitative estimate of drug-likeness (QED) is 0.891. The van der Waals surface area contributed by atoms with Crippen LogP contribution in [0.25, 0.3) is 0 Å². The van der Waals surface area contributed by atoms with Crippen LogP contribution < -0.4 is 4.72 Å². The molecule has 1 fully saturated rings. The summed E-state index contributed by atoms with van der Waals surface area (Å²) in [7, 11) is -1.71. The lowest BCUT2D eigenvalue weighted by atomic mass is 9.98. The van der Waals surface area contributed by atoms with Gasteiger partial charge in [-0.15, -0.1) is 0 Å². The van der Waals surface area contributed by atoms with E-state index in [1.807, 2.05) is 6.92 Å². The van der Waals surface area contributed by atoms with Gasteiger partial charge in [0.05, 0.1) is 11.4 Å². The molecule has 0 atom stereocenters. The number of hydrogen-bond donors (Lipinski definition) is 1. The molecule has 0 aliphatic heterocycles. The van der Waals surface area contributed by atoms with Crippen LogP contribution in [0.4, 0.5) is 0 Å². The van der Waals surface area contributed by atoms with Crippen molar-refractivity contribution in [2.75, 3.05) is 0 Å². The van der Waals surface area contributed by atoms with Crippen molar-refractivity contribution in [3.8, 4) is 0 Å². The topological polar surface area (TPSA) is 64.0 Å². The third-order valence-corrected chi connectivity index (χ3v) is 6.91. The highest BCUT2D eigenvalue weighted by Crippen LogP contribution is 2.22. The van der Waals surface area contributed by atoms with Crippen LogP contribution in [0.3, 0.4) is 0 Å². The molecule has 0 unspecified atom stereocenters. The first-order valence-corrected chi connectivity index (χ1v) is 10.9. The molecule has 1 aliphatic carbocycles. The molecular weight excluding hydrogens is 322 g/mol. The summed E-state index contributed by atoms with van der Waals surface area (Å²) in [5.74, 6) is 0. The fourth-order valence-electron chi connectivity index (χ4n) is 3.70. The molecule has 1 aliphatic rings. The highest BCUT2D eigenvalue weighted by molar-refractivity contribution is 7.89. The Hall–Kier alpha value is -0.880. The maximum atomic E-state index is 12.9. The van der Waals surface area contributed by atoms with E-state index in [0.29, 0.717) is 16.3 Å². The molecule has 24 heavy (non-hydrogen) atoms. The summed E-state index contributed by atoms with van der Waals surface area (Å²) < 4.78 is 30.4. The SMILES string of the molecule is Cc1nn(C)c(C)c1S(=O)(=O)NC1CCCCCCCCCCC1. The smallest absolute Gasteiger partial charge is 0.244 e. The Labute approximate surface area is 147 Å². The molecule has 6 heteroatoms. The first-order chi connectivity index (χ1) is 11.4. The summed E-state index contributed by atoms with van der Waals surface area (Å²) in [6, 6.07) is 0.0495. The van der Waals surface area contributed by atoms with Gasteiger partial charge in [-0.2, -0.15) is 5.10 Å². The Morgan fingerprint density at radius 2 is 1.38 bits per heavy atom. The lowest BCUT2D eigenvalue weighted by Crippen LogP contribution is -2.35. The fraction of sp³-hybridized carbons (Fsp3) is 0.833. The maximum Gasteiger partial charge on any atom is 0.244 e. The minimum atomic E-state index is -3.50. The Morgan fingerprint density at radius 3 is 1.79 bits per heavy atom. The van der Waals surface area contributed by atoms with Crippen LogP contribution in [0.15, 0.2) is 4.90 Å². The second-order valence-electron chi connectivity index (χ2n) is 7.20. The Bertz CT molecular complexity index is 610. The van der Waals surface area contributed by atoms with Gasteiger partial charge in [0.25, 0.3) is 0 Å². The lowest BCUT2D eigenvalue weighted by Gasteiger charge is -2.19. The van der Waals surface area contributed by atoms with Gasteiger partial charge in [0.15, 0.2) is 0 Å². The summed E-state index contributed by atoms with van der Waals surface area (Å²) >= 11 is 0. The zero-order valence-corrected chi connectivity index (χ0v) is 16.3. The lowest BCUT2D eigenvalue weighted by molar-refractivity contribution is 0.439. The number of nitrogens with zero attached hydrogens (tertiary/aromatic N) is 2. The molecule has 0 radical (unpaired) electrons. The third kappa shape index (κ3) is 5.31. The largest absolute Gasteiger partial charge is 0.271 e. The molecule has 1 N–H and O–H groups in total. The molecule has 138 valence electrons. The van der Waals surface area contributed by atoms with E-state index >= 15 is 0 Å². The van der Waals surface area contributed by atoms with E-state index < -0.39 is 10.0 Å². The Balaban J connectivity index is 2.06. The number of hydrogen-bond acceptors (Lipinski definition) is 3. The van der Waals surface area contributed by atoms with Crippen LogP contribution in [-0.4, -0.2) is 24.2 Å². The minimum absolute atomic E-state index is 0.0495. The highest BCUT2D eigenvalue weighted by Gasteiger charge is 2.26. The first kappa shape index (κ1) is 19.4.